The number of rotatable bonds is 3. The summed E-state index contributed by atoms with van der Waals surface area (Å²) >= 11 is 0. The molecule has 1 unspecified atom stereocenters. The minimum absolute atomic E-state index is 0.0614. The summed E-state index contributed by atoms with van der Waals surface area (Å²) in [6.07, 6.45) is 3.68. The normalized spacial score (nSPS) is 19.7. The molecule has 0 spiro atoms. The molecule has 0 aromatic carbocycles. The van der Waals surface area contributed by atoms with Crippen LogP contribution in [0.15, 0.2) is 12.4 Å². The van der Waals surface area contributed by atoms with Crippen LogP contribution in [0.4, 0.5) is 5.69 Å². The molecule has 0 radical (unpaired) electrons. The van der Waals surface area contributed by atoms with E-state index >= 15 is 0 Å². The quantitative estimate of drug-likeness (QED) is 0.751. The van der Waals surface area contributed by atoms with Crippen LogP contribution >= 0.6 is 0 Å². The number of nitrogens with zero attached hydrogens (tertiary/aromatic N) is 3. The van der Waals surface area contributed by atoms with Crippen LogP contribution in [-0.2, 0) is 14.3 Å². The van der Waals surface area contributed by atoms with Crippen LogP contribution in [0.25, 0.3) is 0 Å². The predicted octanol–water partition coefficient (Wildman–Crippen LogP) is 0.990. The SMILES string of the molecule is COC(=O)C1CC(=O)N(c2cnn(C(C)C)c2)C1. The zero-order valence-corrected chi connectivity index (χ0v) is 10.8. The van der Waals surface area contributed by atoms with Gasteiger partial charge in [0.2, 0.25) is 5.91 Å². The first kappa shape index (κ1) is 12.6. The Bertz CT molecular complexity index is 467. The highest BCUT2D eigenvalue weighted by molar-refractivity contribution is 5.99. The third-order valence-corrected chi connectivity index (χ3v) is 3.09. The van der Waals surface area contributed by atoms with Gasteiger partial charge in [0.05, 0.1) is 24.9 Å². The van der Waals surface area contributed by atoms with Crippen molar-refractivity contribution >= 4 is 17.6 Å². The van der Waals surface area contributed by atoms with Crippen molar-refractivity contribution in [2.24, 2.45) is 5.92 Å². The molecular formula is C12H17N3O3. The fraction of sp³-hybridized carbons (Fsp3) is 0.583. The average Bonchev–Trinajstić information content (AvgIpc) is 2.94. The van der Waals surface area contributed by atoms with E-state index in [1.807, 2.05) is 20.0 Å². The smallest absolute Gasteiger partial charge is 0.311 e. The summed E-state index contributed by atoms with van der Waals surface area (Å²) in [6.45, 7) is 4.40. The maximum atomic E-state index is 11.9. The molecule has 0 bridgehead atoms. The Hall–Kier alpha value is -1.85. The predicted molar refractivity (Wildman–Crippen MR) is 65.1 cm³/mol. The minimum atomic E-state index is -0.370. The van der Waals surface area contributed by atoms with E-state index in [0.717, 1.165) is 5.69 Å². The number of carbonyl (C=O) groups is 2. The summed E-state index contributed by atoms with van der Waals surface area (Å²) in [5.41, 5.74) is 0.736. The van der Waals surface area contributed by atoms with Crippen LogP contribution in [0.2, 0.25) is 0 Å². The second-order valence-corrected chi connectivity index (χ2v) is 4.70. The molecule has 1 aromatic rings. The van der Waals surface area contributed by atoms with Gasteiger partial charge in [-0.3, -0.25) is 14.3 Å². The van der Waals surface area contributed by atoms with Crippen LogP contribution in [0, 0.1) is 5.92 Å². The number of methoxy groups -OCH3 is 1. The molecule has 6 nitrogen and oxygen atoms in total. The van der Waals surface area contributed by atoms with Crippen LogP contribution < -0.4 is 4.90 Å². The van der Waals surface area contributed by atoms with E-state index in [2.05, 4.69) is 9.84 Å². The van der Waals surface area contributed by atoms with Gasteiger partial charge in [0.1, 0.15) is 0 Å². The van der Waals surface area contributed by atoms with Crippen LogP contribution in [0.1, 0.15) is 26.3 Å². The molecule has 98 valence electrons. The van der Waals surface area contributed by atoms with E-state index in [0.29, 0.717) is 6.54 Å². The summed E-state index contributed by atoms with van der Waals surface area (Å²) in [6, 6.07) is 0.243. The minimum Gasteiger partial charge on any atom is -0.469 e. The standard InChI is InChI=1S/C12H17N3O3/c1-8(2)15-7-10(5-13-15)14-6-9(4-11(14)16)12(17)18-3/h5,7-9H,4,6H2,1-3H3. The number of anilines is 1. The largest absolute Gasteiger partial charge is 0.469 e. The maximum Gasteiger partial charge on any atom is 0.311 e. The van der Waals surface area contributed by atoms with Gasteiger partial charge in [-0.2, -0.15) is 5.10 Å². The number of hydrogen-bond acceptors (Lipinski definition) is 4. The van der Waals surface area contributed by atoms with Crippen LogP contribution in [-0.4, -0.2) is 35.3 Å². The lowest BCUT2D eigenvalue weighted by atomic mass is 10.1. The Labute approximate surface area is 106 Å². The van der Waals surface area contributed by atoms with Gasteiger partial charge in [0.25, 0.3) is 0 Å². The van der Waals surface area contributed by atoms with Gasteiger partial charge in [-0.1, -0.05) is 0 Å². The van der Waals surface area contributed by atoms with E-state index in [9.17, 15) is 9.59 Å². The van der Waals surface area contributed by atoms with Crippen molar-refractivity contribution in [1.29, 1.82) is 0 Å². The molecule has 0 N–H and O–H groups in total. The molecule has 0 saturated carbocycles. The summed E-state index contributed by atoms with van der Waals surface area (Å²) in [5.74, 6) is -0.763. The van der Waals surface area contributed by atoms with Crippen molar-refractivity contribution in [2.75, 3.05) is 18.6 Å². The molecule has 1 aliphatic heterocycles. The third kappa shape index (κ3) is 2.23. The van der Waals surface area contributed by atoms with E-state index in [1.165, 1.54) is 7.11 Å². The lowest BCUT2D eigenvalue weighted by Gasteiger charge is -2.13. The number of amides is 1. The molecule has 1 atom stereocenters. The maximum absolute atomic E-state index is 11.9. The third-order valence-electron chi connectivity index (χ3n) is 3.09. The zero-order chi connectivity index (χ0) is 13.3. The summed E-state index contributed by atoms with van der Waals surface area (Å²) in [4.78, 5) is 24.9. The summed E-state index contributed by atoms with van der Waals surface area (Å²) < 4.78 is 6.46. The fourth-order valence-electron chi connectivity index (χ4n) is 2.03. The topological polar surface area (TPSA) is 64.4 Å². The van der Waals surface area contributed by atoms with Crippen LogP contribution in [0.3, 0.4) is 0 Å². The lowest BCUT2D eigenvalue weighted by Crippen LogP contribution is -2.25. The van der Waals surface area contributed by atoms with Gasteiger partial charge in [-0.15, -0.1) is 0 Å². The molecule has 1 amide bonds. The first-order chi connectivity index (χ1) is 8.52. The summed E-state index contributed by atoms with van der Waals surface area (Å²) in [5, 5.41) is 4.19. The van der Waals surface area contributed by atoms with Gasteiger partial charge in [0, 0.05) is 25.2 Å². The highest BCUT2D eigenvalue weighted by atomic mass is 16.5. The van der Waals surface area contributed by atoms with Crippen molar-refractivity contribution in [3.05, 3.63) is 12.4 Å². The molecule has 18 heavy (non-hydrogen) atoms. The molecule has 2 rings (SSSR count). The fourth-order valence-corrected chi connectivity index (χ4v) is 2.03. The Kier molecular flexibility index (Phi) is 3.36. The Morgan fingerprint density at radius 1 is 1.56 bits per heavy atom. The first-order valence-electron chi connectivity index (χ1n) is 5.95. The second kappa shape index (κ2) is 4.80. The molecule has 1 aromatic heterocycles. The van der Waals surface area contributed by atoms with Crippen molar-refractivity contribution in [1.82, 2.24) is 9.78 Å². The number of aromatic nitrogens is 2. The average molecular weight is 251 g/mol. The van der Waals surface area contributed by atoms with E-state index in [-0.39, 0.29) is 30.3 Å². The molecular weight excluding hydrogens is 234 g/mol. The van der Waals surface area contributed by atoms with E-state index in [1.54, 1.807) is 15.8 Å². The molecule has 0 aliphatic carbocycles. The monoisotopic (exact) mass is 251 g/mol. The highest BCUT2D eigenvalue weighted by Crippen LogP contribution is 2.25. The van der Waals surface area contributed by atoms with E-state index in [4.69, 9.17) is 0 Å². The molecule has 1 aliphatic rings. The molecule has 2 heterocycles. The Morgan fingerprint density at radius 2 is 2.28 bits per heavy atom. The zero-order valence-electron chi connectivity index (χ0n) is 10.8. The number of carbonyl (C=O) groups excluding carboxylic acids is 2. The highest BCUT2D eigenvalue weighted by Gasteiger charge is 2.36. The Morgan fingerprint density at radius 3 is 2.83 bits per heavy atom. The van der Waals surface area contributed by atoms with Crippen molar-refractivity contribution in [2.45, 2.75) is 26.3 Å². The van der Waals surface area contributed by atoms with Crippen LogP contribution in [0.5, 0.6) is 0 Å². The molecule has 1 fully saturated rings. The molecule has 1 saturated heterocycles. The van der Waals surface area contributed by atoms with Crippen molar-refractivity contribution in [3.8, 4) is 0 Å². The Balaban J connectivity index is 2.14. The van der Waals surface area contributed by atoms with Gasteiger partial charge < -0.3 is 9.64 Å². The molecule has 6 heteroatoms. The number of esters is 1. The lowest BCUT2D eigenvalue weighted by molar-refractivity contribution is -0.145. The van der Waals surface area contributed by atoms with E-state index < -0.39 is 0 Å². The second-order valence-electron chi connectivity index (χ2n) is 4.70. The summed E-state index contributed by atoms with van der Waals surface area (Å²) in [7, 11) is 1.34. The van der Waals surface area contributed by atoms with Crippen molar-refractivity contribution < 1.29 is 14.3 Å². The number of hydrogen-bond donors (Lipinski definition) is 0. The van der Waals surface area contributed by atoms with Gasteiger partial charge in [-0.05, 0) is 13.8 Å². The number of ether oxygens (including phenoxy) is 1. The first-order valence-corrected chi connectivity index (χ1v) is 5.95. The van der Waals surface area contributed by atoms with Crippen molar-refractivity contribution in [3.63, 3.8) is 0 Å². The van der Waals surface area contributed by atoms with Gasteiger partial charge in [0.15, 0.2) is 0 Å². The van der Waals surface area contributed by atoms with Gasteiger partial charge in [-0.25, -0.2) is 0 Å². The van der Waals surface area contributed by atoms with Gasteiger partial charge >= 0.3 is 5.97 Å².